The summed E-state index contributed by atoms with van der Waals surface area (Å²) in [4.78, 5) is 8.94. The molecule has 120 valence electrons. The minimum Gasteiger partial charge on any atom is -0.348 e. The molecule has 1 unspecified atom stereocenters. The first kappa shape index (κ1) is 16.8. The van der Waals surface area contributed by atoms with E-state index < -0.39 is 0 Å². The number of thiazole rings is 1. The Bertz CT molecular complexity index is 453. The van der Waals surface area contributed by atoms with E-state index in [1.807, 2.05) is 11.3 Å². The van der Waals surface area contributed by atoms with Crippen molar-refractivity contribution >= 4 is 16.5 Å². The van der Waals surface area contributed by atoms with Gasteiger partial charge in [-0.3, -0.25) is 0 Å². The van der Waals surface area contributed by atoms with Crippen LogP contribution < -0.4 is 10.2 Å². The van der Waals surface area contributed by atoms with E-state index in [4.69, 9.17) is 4.98 Å². The van der Waals surface area contributed by atoms with Gasteiger partial charge in [0, 0.05) is 24.5 Å². The molecule has 4 heteroatoms. The van der Waals surface area contributed by atoms with Crippen LogP contribution >= 0.6 is 11.3 Å². The smallest absolute Gasteiger partial charge is 0.185 e. The van der Waals surface area contributed by atoms with Gasteiger partial charge in [0.2, 0.25) is 0 Å². The zero-order valence-corrected chi connectivity index (χ0v) is 15.1. The average Bonchev–Trinajstić information content (AvgIpc) is 3.02. The van der Waals surface area contributed by atoms with Crippen molar-refractivity contribution in [2.45, 2.75) is 66.3 Å². The normalized spacial score (nSPS) is 19.2. The first-order chi connectivity index (χ1) is 9.96. The molecule has 2 heterocycles. The number of aromatic nitrogens is 1. The fourth-order valence-corrected chi connectivity index (χ4v) is 4.02. The summed E-state index contributed by atoms with van der Waals surface area (Å²) < 4.78 is 0. The summed E-state index contributed by atoms with van der Waals surface area (Å²) in [5.41, 5.74) is 1.76. The average molecular weight is 310 g/mol. The van der Waals surface area contributed by atoms with E-state index in [-0.39, 0.29) is 0 Å². The second-order valence-corrected chi connectivity index (χ2v) is 8.19. The van der Waals surface area contributed by atoms with Gasteiger partial charge in [0.25, 0.3) is 0 Å². The van der Waals surface area contributed by atoms with E-state index in [2.05, 4.69) is 44.8 Å². The van der Waals surface area contributed by atoms with Crippen molar-refractivity contribution in [1.29, 1.82) is 0 Å². The summed E-state index contributed by atoms with van der Waals surface area (Å²) in [7, 11) is 0. The Morgan fingerprint density at radius 3 is 2.71 bits per heavy atom. The summed E-state index contributed by atoms with van der Waals surface area (Å²) in [6, 6.07) is 0. The van der Waals surface area contributed by atoms with Gasteiger partial charge in [-0.15, -0.1) is 11.3 Å². The molecule has 1 saturated heterocycles. The van der Waals surface area contributed by atoms with Gasteiger partial charge in [0.1, 0.15) is 0 Å². The Balaban J connectivity index is 2.15. The van der Waals surface area contributed by atoms with Crippen LogP contribution in [0.4, 0.5) is 5.13 Å². The molecule has 0 spiro atoms. The molecule has 1 aromatic rings. The molecule has 3 nitrogen and oxygen atoms in total. The third-order valence-electron chi connectivity index (χ3n) is 4.46. The first-order valence-electron chi connectivity index (χ1n) is 8.42. The van der Waals surface area contributed by atoms with E-state index in [0.29, 0.717) is 11.3 Å². The van der Waals surface area contributed by atoms with Crippen molar-refractivity contribution < 1.29 is 0 Å². The lowest BCUT2D eigenvalue weighted by atomic mass is 9.93. The molecule has 0 bridgehead atoms. The molecule has 0 saturated carbocycles. The van der Waals surface area contributed by atoms with Crippen LogP contribution in [-0.4, -0.2) is 24.6 Å². The van der Waals surface area contributed by atoms with E-state index >= 15 is 0 Å². The van der Waals surface area contributed by atoms with Gasteiger partial charge in [-0.25, -0.2) is 4.98 Å². The largest absolute Gasteiger partial charge is 0.348 e. The fourth-order valence-electron chi connectivity index (χ4n) is 2.85. The second-order valence-electron chi connectivity index (χ2n) is 7.13. The highest BCUT2D eigenvalue weighted by atomic mass is 32.1. The van der Waals surface area contributed by atoms with Crippen LogP contribution in [0.1, 0.15) is 70.4 Å². The second kappa shape index (κ2) is 7.10. The Morgan fingerprint density at radius 2 is 2.14 bits per heavy atom. The standard InChI is InChI=1S/C17H31N3S/c1-6-9-18-11-14-15(13(3)7-2)19-16(21-14)20-10-8-17(4,5)12-20/h13,18H,6-12H2,1-5H3. The van der Waals surface area contributed by atoms with Crippen molar-refractivity contribution in [3.63, 3.8) is 0 Å². The zero-order chi connectivity index (χ0) is 15.5. The number of rotatable bonds is 7. The summed E-state index contributed by atoms with van der Waals surface area (Å²) in [5.74, 6) is 0.559. The lowest BCUT2D eigenvalue weighted by molar-refractivity contribution is 0.418. The molecule has 1 atom stereocenters. The van der Waals surface area contributed by atoms with Gasteiger partial charge in [-0.2, -0.15) is 0 Å². The molecule has 0 aliphatic carbocycles. The third kappa shape index (κ3) is 4.19. The van der Waals surface area contributed by atoms with Crippen LogP contribution in [0, 0.1) is 5.41 Å². The topological polar surface area (TPSA) is 28.2 Å². The third-order valence-corrected chi connectivity index (χ3v) is 5.59. The Hall–Kier alpha value is -0.610. The van der Waals surface area contributed by atoms with E-state index in [1.165, 1.54) is 28.5 Å². The molecule has 21 heavy (non-hydrogen) atoms. The van der Waals surface area contributed by atoms with E-state index in [9.17, 15) is 0 Å². The monoisotopic (exact) mass is 309 g/mol. The maximum atomic E-state index is 5.01. The van der Waals surface area contributed by atoms with Crippen LogP contribution in [0.25, 0.3) is 0 Å². The van der Waals surface area contributed by atoms with Gasteiger partial charge in [0.05, 0.1) is 5.69 Å². The van der Waals surface area contributed by atoms with Gasteiger partial charge in [-0.1, -0.05) is 34.6 Å². The first-order valence-corrected chi connectivity index (χ1v) is 9.23. The number of anilines is 1. The van der Waals surface area contributed by atoms with Crippen molar-refractivity contribution in [1.82, 2.24) is 10.3 Å². The van der Waals surface area contributed by atoms with Crippen molar-refractivity contribution in [3.8, 4) is 0 Å². The highest BCUT2D eigenvalue weighted by molar-refractivity contribution is 7.15. The molecular weight excluding hydrogens is 278 g/mol. The molecule has 0 aromatic carbocycles. The molecule has 0 amide bonds. The van der Waals surface area contributed by atoms with Crippen LogP contribution in [0.5, 0.6) is 0 Å². The summed E-state index contributed by atoms with van der Waals surface area (Å²) >= 11 is 1.90. The molecule has 1 aliphatic heterocycles. The minimum atomic E-state index is 0.433. The molecule has 1 N–H and O–H groups in total. The molecule has 1 aliphatic rings. The highest BCUT2D eigenvalue weighted by Crippen LogP contribution is 2.37. The summed E-state index contributed by atoms with van der Waals surface area (Å²) in [6.45, 7) is 15.9. The van der Waals surface area contributed by atoms with Crippen LogP contribution in [0.3, 0.4) is 0 Å². The predicted molar refractivity (Wildman–Crippen MR) is 93.4 cm³/mol. The molecule has 1 aromatic heterocycles. The maximum absolute atomic E-state index is 5.01. The van der Waals surface area contributed by atoms with Gasteiger partial charge < -0.3 is 10.2 Å². The van der Waals surface area contributed by atoms with E-state index in [1.54, 1.807) is 0 Å². The number of nitrogens with one attached hydrogen (secondary N) is 1. The quantitative estimate of drug-likeness (QED) is 0.757. The maximum Gasteiger partial charge on any atom is 0.185 e. The Labute approximate surface area is 134 Å². The number of hydrogen-bond donors (Lipinski definition) is 1. The highest BCUT2D eigenvalue weighted by Gasteiger charge is 2.31. The molecule has 2 rings (SSSR count). The molecule has 0 radical (unpaired) electrons. The Kier molecular flexibility index (Phi) is 5.67. The zero-order valence-electron chi connectivity index (χ0n) is 14.3. The molecular formula is C17H31N3S. The van der Waals surface area contributed by atoms with Crippen LogP contribution in [0.15, 0.2) is 0 Å². The van der Waals surface area contributed by atoms with Crippen LogP contribution in [-0.2, 0) is 6.54 Å². The SMILES string of the molecule is CCCNCc1sc(N2CCC(C)(C)C2)nc1C(C)CC. The Morgan fingerprint density at radius 1 is 1.38 bits per heavy atom. The molecule has 1 fully saturated rings. The number of hydrogen-bond acceptors (Lipinski definition) is 4. The predicted octanol–water partition coefficient (Wildman–Crippen LogP) is 4.39. The fraction of sp³-hybridized carbons (Fsp3) is 0.824. The minimum absolute atomic E-state index is 0.433. The van der Waals surface area contributed by atoms with Gasteiger partial charge in [-0.05, 0) is 37.1 Å². The van der Waals surface area contributed by atoms with E-state index in [0.717, 1.165) is 32.6 Å². The van der Waals surface area contributed by atoms with Gasteiger partial charge >= 0.3 is 0 Å². The lowest BCUT2D eigenvalue weighted by Gasteiger charge is -2.18. The van der Waals surface area contributed by atoms with Gasteiger partial charge in [0.15, 0.2) is 5.13 Å². The van der Waals surface area contributed by atoms with Crippen LogP contribution in [0.2, 0.25) is 0 Å². The summed E-state index contributed by atoms with van der Waals surface area (Å²) in [6.07, 6.45) is 3.62. The van der Waals surface area contributed by atoms with Crippen molar-refractivity contribution in [2.75, 3.05) is 24.5 Å². The van der Waals surface area contributed by atoms with Crippen molar-refractivity contribution in [2.24, 2.45) is 5.41 Å². The lowest BCUT2D eigenvalue weighted by Crippen LogP contribution is -2.22. The van der Waals surface area contributed by atoms with Crippen molar-refractivity contribution in [3.05, 3.63) is 10.6 Å². The summed E-state index contributed by atoms with van der Waals surface area (Å²) in [5, 5.41) is 4.78. The number of nitrogens with zero attached hydrogens (tertiary/aromatic N) is 2.